The third-order valence-corrected chi connectivity index (χ3v) is 4.89. The number of hydrogen-bond acceptors (Lipinski definition) is 3. The second-order valence-electron chi connectivity index (χ2n) is 6.60. The van der Waals surface area contributed by atoms with E-state index in [1.54, 1.807) is 16.8 Å². The molecule has 1 fully saturated rings. The summed E-state index contributed by atoms with van der Waals surface area (Å²) in [4.78, 5) is 28.9. The summed E-state index contributed by atoms with van der Waals surface area (Å²) in [6.07, 6.45) is 1.60. The van der Waals surface area contributed by atoms with Crippen molar-refractivity contribution in [3.05, 3.63) is 48.0 Å². The molecule has 25 heavy (non-hydrogen) atoms. The molecule has 1 N–H and O–H groups in total. The van der Waals surface area contributed by atoms with E-state index in [0.717, 1.165) is 23.6 Å². The first-order valence-electron chi connectivity index (χ1n) is 8.74. The van der Waals surface area contributed by atoms with Gasteiger partial charge in [0.15, 0.2) is 0 Å². The number of amides is 2. The molecule has 1 saturated heterocycles. The quantitative estimate of drug-likeness (QED) is 0.928. The number of likely N-dealkylation sites (N-methyl/N-ethyl adjacent to an activating group) is 1. The van der Waals surface area contributed by atoms with Gasteiger partial charge in [-0.2, -0.15) is 0 Å². The molecule has 0 spiro atoms. The van der Waals surface area contributed by atoms with Crippen molar-refractivity contribution in [2.24, 2.45) is 5.92 Å². The molecule has 5 nitrogen and oxygen atoms in total. The number of rotatable bonds is 4. The van der Waals surface area contributed by atoms with Gasteiger partial charge in [-0.1, -0.05) is 36.4 Å². The van der Waals surface area contributed by atoms with Crippen molar-refractivity contribution in [3.63, 3.8) is 0 Å². The van der Waals surface area contributed by atoms with Crippen LogP contribution in [0, 0.1) is 5.92 Å². The fraction of sp³-hybridized carbons (Fsp3) is 0.400. The minimum absolute atomic E-state index is 0.00414. The average Bonchev–Trinajstić information content (AvgIpc) is 2.66. The van der Waals surface area contributed by atoms with Crippen LogP contribution < -0.4 is 0 Å². The van der Waals surface area contributed by atoms with Gasteiger partial charge in [0.25, 0.3) is 5.91 Å². The van der Waals surface area contributed by atoms with Gasteiger partial charge in [-0.3, -0.25) is 9.59 Å². The Morgan fingerprint density at radius 2 is 1.96 bits per heavy atom. The van der Waals surface area contributed by atoms with Crippen LogP contribution in [0.2, 0.25) is 0 Å². The molecule has 0 aliphatic carbocycles. The van der Waals surface area contributed by atoms with E-state index in [9.17, 15) is 9.59 Å². The van der Waals surface area contributed by atoms with E-state index in [4.69, 9.17) is 5.11 Å². The van der Waals surface area contributed by atoms with Gasteiger partial charge in [0.1, 0.15) is 0 Å². The lowest BCUT2D eigenvalue weighted by atomic mass is 9.95. The van der Waals surface area contributed by atoms with Crippen LogP contribution in [0.3, 0.4) is 0 Å². The van der Waals surface area contributed by atoms with Gasteiger partial charge in [0.05, 0.1) is 12.5 Å². The molecule has 0 radical (unpaired) electrons. The van der Waals surface area contributed by atoms with Crippen molar-refractivity contribution in [3.8, 4) is 0 Å². The zero-order chi connectivity index (χ0) is 17.8. The number of hydrogen-bond donors (Lipinski definition) is 1. The molecule has 5 heteroatoms. The van der Waals surface area contributed by atoms with E-state index >= 15 is 0 Å². The number of fused-ring (bicyclic) bond motifs is 1. The fourth-order valence-corrected chi connectivity index (χ4v) is 3.52. The van der Waals surface area contributed by atoms with Crippen molar-refractivity contribution >= 4 is 22.6 Å². The molecule has 0 saturated carbocycles. The van der Waals surface area contributed by atoms with Crippen LogP contribution in [-0.2, 0) is 4.79 Å². The molecule has 1 atom stereocenters. The normalized spacial score (nSPS) is 17.5. The average molecular weight is 340 g/mol. The molecule has 1 aliphatic rings. The molecule has 1 unspecified atom stereocenters. The summed E-state index contributed by atoms with van der Waals surface area (Å²) in [5.41, 5.74) is 0.690. The first-order chi connectivity index (χ1) is 12.1. The Morgan fingerprint density at radius 1 is 1.20 bits per heavy atom. The summed E-state index contributed by atoms with van der Waals surface area (Å²) in [5, 5.41) is 11.0. The smallest absolute Gasteiger partial charge is 0.254 e. The highest BCUT2D eigenvalue weighted by Gasteiger charge is 2.30. The van der Waals surface area contributed by atoms with Crippen LogP contribution in [0.1, 0.15) is 23.2 Å². The van der Waals surface area contributed by atoms with E-state index in [1.807, 2.05) is 42.5 Å². The van der Waals surface area contributed by atoms with Gasteiger partial charge in [0, 0.05) is 32.2 Å². The number of aliphatic hydroxyl groups excluding tert-OH is 1. The van der Waals surface area contributed by atoms with Crippen molar-refractivity contribution in [1.29, 1.82) is 0 Å². The van der Waals surface area contributed by atoms with Crippen LogP contribution in [0.4, 0.5) is 0 Å². The molecule has 3 rings (SSSR count). The Morgan fingerprint density at radius 3 is 2.76 bits per heavy atom. The predicted octanol–water partition coefficient (Wildman–Crippen LogP) is 2.14. The zero-order valence-electron chi connectivity index (χ0n) is 14.5. The van der Waals surface area contributed by atoms with Gasteiger partial charge in [-0.15, -0.1) is 0 Å². The van der Waals surface area contributed by atoms with E-state index in [0.29, 0.717) is 25.2 Å². The number of likely N-dealkylation sites (tertiary alicyclic amines) is 1. The molecule has 2 aromatic rings. The summed E-state index contributed by atoms with van der Waals surface area (Å²) < 4.78 is 0. The molecule has 1 aliphatic heterocycles. The first kappa shape index (κ1) is 17.4. The largest absolute Gasteiger partial charge is 0.395 e. The number of aliphatic hydroxyl groups is 1. The number of benzene rings is 2. The Bertz CT molecular complexity index is 769. The van der Waals surface area contributed by atoms with Crippen LogP contribution >= 0.6 is 0 Å². The highest BCUT2D eigenvalue weighted by molar-refractivity contribution is 6.07. The molecule has 0 bridgehead atoms. The molecule has 0 aromatic heterocycles. The monoisotopic (exact) mass is 340 g/mol. The summed E-state index contributed by atoms with van der Waals surface area (Å²) >= 11 is 0. The second kappa shape index (κ2) is 7.66. The Hall–Kier alpha value is -2.40. The van der Waals surface area contributed by atoms with E-state index in [-0.39, 0.29) is 24.3 Å². The van der Waals surface area contributed by atoms with Gasteiger partial charge >= 0.3 is 0 Å². The minimum Gasteiger partial charge on any atom is -0.395 e. The second-order valence-corrected chi connectivity index (χ2v) is 6.60. The minimum atomic E-state index is -0.191. The molecular weight excluding hydrogens is 316 g/mol. The van der Waals surface area contributed by atoms with Crippen molar-refractivity contribution < 1.29 is 14.7 Å². The maximum absolute atomic E-state index is 13.0. The lowest BCUT2D eigenvalue weighted by Crippen LogP contribution is -2.46. The number of piperidine rings is 1. The zero-order valence-corrected chi connectivity index (χ0v) is 14.5. The van der Waals surface area contributed by atoms with Crippen molar-refractivity contribution in [1.82, 2.24) is 9.80 Å². The van der Waals surface area contributed by atoms with Crippen molar-refractivity contribution in [2.75, 3.05) is 33.3 Å². The van der Waals surface area contributed by atoms with Crippen LogP contribution in [0.15, 0.2) is 42.5 Å². The SMILES string of the molecule is CN(CCO)C(=O)C1CCCN(C(=O)c2cccc3ccccc23)C1. The Kier molecular flexibility index (Phi) is 5.34. The topological polar surface area (TPSA) is 60.9 Å². The number of carbonyl (C=O) groups is 2. The summed E-state index contributed by atoms with van der Waals surface area (Å²) in [6, 6.07) is 13.6. The number of carbonyl (C=O) groups excluding carboxylic acids is 2. The summed E-state index contributed by atoms with van der Waals surface area (Å²) in [5.74, 6) is -0.201. The van der Waals surface area contributed by atoms with E-state index in [2.05, 4.69) is 0 Å². The highest BCUT2D eigenvalue weighted by Crippen LogP contribution is 2.24. The van der Waals surface area contributed by atoms with Gasteiger partial charge < -0.3 is 14.9 Å². The summed E-state index contributed by atoms with van der Waals surface area (Å²) in [7, 11) is 1.70. The van der Waals surface area contributed by atoms with Crippen LogP contribution in [0.5, 0.6) is 0 Å². The van der Waals surface area contributed by atoms with Crippen LogP contribution in [0.25, 0.3) is 10.8 Å². The van der Waals surface area contributed by atoms with Gasteiger partial charge in [0.2, 0.25) is 5.91 Å². The molecular formula is C20H24N2O3. The first-order valence-corrected chi connectivity index (χ1v) is 8.74. The highest BCUT2D eigenvalue weighted by atomic mass is 16.3. The molecule has 132 valence electrons. The maximum atomic E-state index is 13.0. The maximum Gasteiger partial charge on any atom is 0.254 e. The van der Waals surface area contributed by atoms with Crippen LogP contribution in [-0.4, -0.2) is 60.0 Å². The molecule has 2 aromatic carbocycles. The lowest BCUT2D eigenvalue weighted by Gasteiger charge is -2.34. The number of nitrogens with zero attached hydrogens (tertiary/aromatic N) is 2. The molecule has 1 heterocycles. The third-order valence-electron chi connectivity index (χ3n) is 4.89. The van der Waals surface area contributed by atoms with Crippen molar-refractivity contribution in [2.45, 2.75) is 12.8 Å². The molecule has 2 amide bonds. The van der Waals surface area contributed by atoms with E-state index in [1.165, 1.54) is 0 Å². The fourth-order valence-electron chi connectivity index (χ4n) is 3.52. The van der Waals surface area contributed by atoms with Gasteiger partial charge in [-0.25, -0.2) is 0 Å². The van der Waals surface area contributed by atoms with E-state index < -0.39 is 0 Å². The predicted molar refractivity (Wildman–Crippen MR) is 97.3 cm³/mol. The Balaban J connectivity index is 1.79. The summed E-state index contributed by atoms with van der Waals surface area (Å²) in [6.45, 7) is 1.40. The lowest BCUT2D eigenvalue weighted by molar-refractivity contribution is -0.136. The Labute approximate surface area is 147 Å². The van der Waals surface area contributed by atoms with Gasteiger partial charge in [-0.05, 0) is 29.7 Å². The third kappa shape index (κ3) is 3.66. The standard InChI is InChI=1S/C20H24N2O3/c1-21(12-13-23)19(24)16-8-5-11-22(14-16)20(25)18-10-4-7-15-6-2-3-9-17(15)18/h2-4,6-7,9-10,16,23H,5,8,11-14H2,1H3.